The maximum Gasteiger partial charge on any atom is 0.267 e. The Kier molecular flexibility index (Phi) is 4.25. The first-order valence-corrected chi connectivity index (χ1v) is 9.92. The summed E-state index contributed by atoms with van der Waals surface area (Å²) in [6, 6.07) is 7.90. The molecule has 1 aliphatic rings. The largest absolute Gasteiger partial charge is 0.397 e. The van der Waals surface area contributed by atoms with E-state index in [2.05, 4.69) is 27.3 Å². The van der Waals surface area contributed by atoms with E-state index in [0.717, 1.165) is 44.5 Å². The number of halogens is 1. The van der Waals surface area contributed by atoms with Crippen LogP contribution in [0.2, 0.25) is 0 Å². The number of hydrogen-bond donors (Lipinski definition) is 2. The lowest BCUT2D eigenvalue weighted by Gasteiger charge is -2.14. The molecule has 1 aromatic carbocycles. The van der Waals surface area contributed by atoms with Crippen LogP contribution < -0.4 is 11.1 Å². The molecule has 6 heteroatoms. The van der Waals surface area contributed by atoms with E-state index in [1.807, 2.05) is 25.1 Å². The number of nitrogens with two attached hydrogens (primary N) is 1. The van der Waals surface area contributed by atoms with Gasteiger partial charge in [0.25, 0.3) is 5.91 Å². The molecule has 128 valence electrons. The maximum atomic E-state index is 12.7. The van der Waals surface area contributed by atoms with Crippen LogP contribution in [0.5, 0.6) is 0 Å². The molecule has 0 bridgehead atoms. The van der Waals surface area contributed by atoms with Crippen molar-refractivity contribution in [3.8, 4) is 0 Å². The summed E-state index contributed by atoms with van der Waals surface area (Å²) in [7, 11) is 0. The zero-order valence-corrected chi connectivity index (χ0v) is 16.3. The SMILES string of the molecule is Cc1cc(Br)ccc1NC(=O)c1sc2nc3c(cc2c1N)CCCC3. The number of nitrogens with zero attached hydrogens (tertiary/aromatic N) is 1. The Hall–Kier alpha value is -1.92. The second-order valence-corrected chi connectivity index (χ2v) is 8.33. The molecule has 3 aromatic rings. The normalized spacial score (nSPS) is 13.7. The molecule has 0 atom stereocenters. The smallest absolute Gasteiger partial charge is 0.267 e. The number of anilines is 2. The molecule has 0 saturated carbocycles. The Morgan fingerprint density at radius 3 is 2.88 bits per heavy atom. The number of hydrogen-bond acceptors (Lipinski definition) is 4. The first kappa shape index (κ1) is 16.5. The maximum absolute atomic E-state index is 12.7. The van der Waals surface area contributed by atoms with Crippen molar-refractivity contribution in [2.45, 2.75) is 32.6 Å². The Labute approximate surface area is 158 Å². The molecule has 0 saturated heterocycles. The Morgan fingerprint density at radius 2 is 2.08 bits per heavy atom. The Bertz CT molecular complexity index is 996. The highest BCUT2D eigenvalue weighted by atomic mass is 79.9. The van der Waals surface area contributed by atoms with Gasteiger partial charge < -0.3 is 11.1 Å². The minimum absolute atomic E-state index is 0.177. The quantitative estimate of drug-likeness (QED) is 0.612. The summed E-state index contributed by atoms with van der Waals surface area (Å²) < 4.78 is 0.985. The van der Waals surface area contributed by atoms with Crippen LogP contribution in [-0.2, 0) is 12.8 Å². The van der Waals surface area contributed by atoms with Crippen LogP contribution in [0.3, 0.4) is 0 Å². The molecule has 4 nitrogen and oxygen atoms in total. The van der Waals surface area contributed by atoms with Gasteiger partial charge in [0.1, 0.15) is 9.71 Å². The Morgan fingerprint density at radius 1 is 1.28 bits per heavy atom. The second-order valence-electron chi connectivity index (χ2n) is 6.41. The first-order valence-electron chi connectivity index (χ1n) is 8.31. The van der Waals surface area contributed by atoms with Crippen molar-refractivity contribution in [3.05, 3.63) is 50.4 Å². The number of carbonyl (C=O) groups is 1. The number of amides is 1. The van der Waals surface area contributed by atoms with Gasteiger partial charge in [-0.1, -0.05) is 15.9 Å². The summed E-state index contributed by atoms with van der Waals surface area (Å²) in [4.78, 5) is 18.9. The molecular weight excluding hydrogens is 398 g/mol. The number of fused-ring (bicyclic) bond motifs is 2. The zero-order chi connectivity index (χ0) is 17.6. The minimum Gasteiger partial charge on any atom is -0.397 e. The van der Waals surface area contributed by atoms with Crippen molar-refractivity contribution in [3.63, 3.8) is 0 Å². The number of benzene rings is 1. The van der Waals surface area contributed by atoms with Gasteiger partial charge in [0.2, 0.25) is 0 Å². The number of nitrogens with one attached hydrogen (secondary N) is 1. The van der Waals surface area contributed by atoms with Crippen LogP contribution >= 0.6 is 27.3 Å². The van der Waals surface area contributed by atoms with Crippen molar-refractivity contribution in [2.24, 2.45) is 0 Å². The average molecular weight is 416 g/mol. The van der Waals surface area contributed by atoms with Gasteiger partial charge in [-0.3, -0.25) is 4.79 Å². The van der Waals surface area contributed by atoms with Crippen molar-refractivity contribution < 1.29 is 4.79 Å². The summed E-state index contributed by atoms with van der Waals surface area (Å²) >= 11 is 4.81. The minimum atomic E-state index is -0.177. The van der Waals surface area contributed by atoms with E-state index in [1.165, 1.54) is 29.7 Å². The first-order chi connectivity index (χ1) is 12.0. The van der Waals surface area contributed by atoms with E-state index in [0.29, 0.717) is 10.6 Å². The molecule has 0 fully saturated rings. The highest BCUT2D eigenvalue weighted by Crippen LogP contribution is 2.36. The molecule has 3 N–H and O–H groups in total. The molecule has 1 aliphatic carbocycles. The lowest BCUT2D eigenvalue weighted by Crippen LogP contribution is -2.12. The molecule has 0 spiro atoms. The fourth-order valence-electron chi connectivity index (χ4n) is 3.27. The van der Waals surface area contributed by atoms with E-state index < -0.39 is 0 Å². The average Bonchev–Trinajstić information content (AvgIpc) is 2.92. The van der Waals surface area contributed by atoms with Crippen LogP contribution in [0.25, 0.3) is 10.2 Å². The topological polar surface area (TPSA) is 68.0 Å². The summed E-state index contributed by atoms with van der Waals surface area (Å²) in [6.45, 7) is 1.96. The standard InChI is InChI=1S/C19H18BrN3OS/c1-10-8-12(20)6-7-14(10)22-18(24)17-16(21)13-9-11-4-2-3-5-15(11)23-19(13)25-17/h6-9H,2-5,21H2,1H3,(H,22,24). The number of thiophene rings is 1. The van der Waals surface area contributed by atoms with Crippen LogP contribution in [0, 0.1) is 6.92 Å². The number of carbonyl (C=O) groups excluding carboxylic acids is 1. The van der Waals surface area contributed by atoms with E-state index in [1.54, 1.807) is 0 Å². The molecule has 0 radical (unpaired) electrons. The summed E-state index contributed by atoms with van der Waals surface area (Å²) in [6.07, 6.45) is 4.44. The third kappa shape index (κ3) is 3.04. The lowest BCUT2D eigenvalue weighted by molar-refractivity contribution is 0.103. The van der Waals surface area contributed by atoms with Gasteiger partial charge in [-0.15, -0.1) is 11.3 Å². The monoisotopic (exact) mass is 415 g/mol. The van der Waals surface area contributed by atoms with Crippen LogP contribution in [0.1, 0.15) is 39.3 Å². The zero-order valence-electron chi connectivity index (χ0n) is 13.9. The van der Waals surface area contributed by atoms with E-state index >= 15 is 0 Å². The van der Waals surface area contributed by atoms with Gasteiger partial charge in [0, 0.05) is 21.2 Å². The molecule has 4 rings (SSSR count). The lowest BCUT2D eigenvalue weighted by atomic mass is 9.95. The van der Waals surface area contributed by atoms with Crippen molar-refractivity contribution >= 4 is 54.8 Å². The summed E-state index contributed by atoms with van der Waals surface area (Å²) in [5, 5.41) is 3.87. The molecule has 25 heavy (non-hydrogen) atoms. The van der Waals surface area contributed by atoms with Gasteiger partial charge in [0.05, 0.1) is 5.69 Å². The number of aryl methyl sites for hydroxylation is 3. The fraction of sp³-hybridized carbons (Fsp3) is 0.263. The highest BCUT2D eigenvalue weighted by Gasteiger charge is 2.20. The van der Waals surface area contributed by atoms with Gasteiger partial charge in [-0.05, 0) is 68.0 Å². The second kappa shape index (κ2) is 6.42. The van der Waals surface area contributed by atoms with Crippen molar-refractivity contribution in [1.82, 2.24) is 4.98 Å². The van der Waals surface area contributed by atoms with Crippen molar-refractivity contribution in [1.29, 1.82) is 0 Å². The molecule has 1 amide bonds. The van der Waals surface area contributed by atoms with Crippen molar-refractivity contribution in [2.75, 3.05) is 11.1 Å². The number of aromatic nitrogens is 1. The predicted molar refractivity (Wildman–Crippen MR) is 108 cm³/mol. The Balaban J connectivity index is 1.70. The van der Waals surface area contributed by atoms with Gasteiger partial charge in [-0.2, -0.15) is 0 Å². The molecule has 2 aromatic heterocycles. The molecule has 0 aliphatic heterocycles. The van der Waals surface area contributed by atoms with Gasteiger partial charge in [-0.25, -0.2) is 4.98 Å². The third-order valence-electron chi connectivity index (χ3n) is 4.64. The van der Waals surface area contributed by atoms with E-state index in [4.69, 9.17) is 10.7 Å². The fourth-order valence-corrected chi connectivity index (χ4v) is 4.74. The highest BCUT2D eigenvalue weighted by molar-refractivity contribution is 9.10. The van der Waals surface area contributed by atoms with Gasteiger partial charge in [0.15, 0.2) is 0 Å². The summed E-state index contributed by atoms with van der Waals surface area (Å²) in [5.74, 6) is -0.177. The van der Waals surface area contributed by atoms with Crippen LogP contribution in [0.4, 0.5) is 11.4 Å². The van der Waals surface area contributed by atoms with E-state index in [9.17, 15) is 4.79 Å². The molecular formula is C19H18BrN3OS. The predicted octanol–water partition coefficient (Wildman–Crippen LogP) is 5.08. The molecule has 0 unspecified atom stereocenters. The number of rotatable bonds is 2. The van der Waals surface area contributed by atoms with Crippen LogP contribution in [-0.4, -0.2) is 10.9 Å². The summed E-state index contributed by atoms with van der Waals surface area (Å²) in [5.41, 5.74) is 11.1. The third-order valence-corrected chi connectivity index (χ3v) is 6.25. The van der Waals surface area contributed by atoms with E-state index in [-0.39, 0.29) is 5.91 Å². The van der Waals surface area contributed by atoms with Crippen LogP contribution in [0.15, 0.2) is 28.7 Å². The molecule has 2 heterocycles. The van der Waals surface area contributed by atoms with Gasteiger partial charge >= 0.3 is 0 Å². The number of nitrogen functional groups attached to an aromatic ring is 1. The number of pyridine rings is 1.